The number of rotatable bonds is 3. The zero-order chi connectivity index (χ0) is 12.3. The van der Waals surface area contributed by atoms with Gasteiger partial charge < -0.3 is 5.32 Å². The van der Waals surface area contributed by atoms with Crippen molar-refractivity contribution in [2.45, 2.75) is 13.5 Å². The summed E-state index contributed by atoms with van der Waals surface area (Å²) in [6.07, 6.45) is 3.54. The Labute approximate surface area is 101 Å². The average Bonchev–Trinajstić information content (AvgIpc) is 2.32. The predicted octanol–water partition coefficient (Wildman–Crippen LogP) is 2.92. The molecule has 2 nitrogen and oxygen atoms in total. The van der Waals surface area contributed by atoms with E-state index < -0.39 is 0 Å². The molecule has 0 saturated heterocycles. The fraction of sp³-hybridized carbons (Fsp3) is 0.214. The van der Waals surface area contributed by atoms with Gasteiger partial charge in [0.25, 0.3) is 0 Å². The summed E-state index contributed by atoms with van der Waals surface area (Å²) in [5.41, 5.74) is 3.55. The number of aryl methyl sites for hydroxylation is 1. The monoisotopic (exact) mass is 230 g/mol. The lowest BCUT2D eigenvalue weighted by molar-refractivity contribution is 0.601. The van der Waals surface area contributed by atoms with Crippen molar-refractivity contribution in [3.63, 3.8) is 0 Å². The first-order valence-corrected chi connectivity index (χ1v) is 5.56. The highest BCUT2D eigenvalue weighted by Crippen LogP contribution is 2.21. The highest BCUT2D eigenvalue weighted by molar-refractivity contribution is 5.63. The first-order valence-electron chi connectivity index (χ1n) is 5.56. The molecule has 0 fully saturated rings. The molecule has 0 amide bonds. The van der Waals surface area contributed by atoms with Gasteiger partial charge in [-0.3, -0.25) is 4.98 Å². The van der Waals surface area contributed by atoms with Gasteiger partial charge in [-0.25, -0.2) is 4.39 Å². The Morgan fingerprint density at radius 1 is 1.18 bits per heavy atom. The molecule has 0 spiro atoms. The fourth-order valence-corrected chi connectivity index (χ4v) is 1.77. The van der Waals surface area contributed by atoms with E-state index >= 15 is 0 Å². The number of nitrogens with one attached hydrogen (secondary N) is 1. The maximum absolute atomic E-state index is 13.8. The van der Waals surface area contributed by atoms with Crippen LogP contribution in [0.2, 0.25) is 0 Å². The molecule has 0 aliphatic carbocycles. The SMILES string of the molecule is CNCc1ccc(-c2cncc(C)c2)cc1F. The number of hydrogen-bond donors (Lipinski definition) is 1. The number of aromatic nitrogens is 1. The second-order valence-electron chi connectivity index (χ2n) is 4.09. The van der Waals surface area contributed by atoms with Crippen LogP contribution in [-0.2, 0) is 6.54 Å². The topological polar surface area (TPSA) is 24.9 Å². The molecule has 0 radical (unpaired) electrons. The second kappa shape index (κ2) is 5.06. The van der Waals surface area contributed by atoms with Crippen molar-refractivity contribution in [1.82, 2.24) is 10.3 Å². The molecular weight excluding hydrogens is 215 g/mol. The summed E-state index contributed by atoms with van der Waals surface area (Å²) in [5.74, 6) is -0.182. The van der Waals surface area contributed by atoms with Crippen molar-refractivity contribution in [3.05, 3.63) is 53.6 Å². The highest BCUT2D eigenvalue weighted by atomic mass is 19.1. The average molecular weight is 230 g/mol. The maximum Gasteiger partial charge on any atom is 0.128 e. The Morgan fingerprint density at radius 3 is 2.65 bits per heavy atom. The Kier molecular flexibility index (Phi) is 3.49. The van der Waals surface area contributed by atoms with Gasteiger partial charge in [0.1, 0.15) is 5.82 Å². The van der Waals surface area contributed by atoms with Crippen LogP contribution in [0, 0.1) is 12.7 Å². The number of benzene rings is 1. The van der Waals surface area contributed by atoms with Crippen molar-refractivity contribution in [1.29, 1.82) is 0 Å². The van der Waals surface area contributed by atoms with E-state index in [9.17, 15) is 4.39 Å². The number of halogens is 1. The minimum atomic E-state index is -0.182. The summed E-state index contributed by atoms with van der Waals surface area (Å²) in [6.45, 7) is 2.51. The third kappa shape index (κ3) is 2.68. The van der Waals surface area contributed by atoms with E-state index in [0.29, 0.717) is 12.1 Å². The quantitative estimate of drug-likeness (QED) is 0.877. The predicted molar refractivity (Wildman–Crippen MR) is 67.1 cm³/mol. The lowest BCUT2D eigenvalue weighted by Crippen LogP contribution is -2.06. The zero-order valence-corrected chi connectivity index (χ0v) is 10.00. The van der Waals surface area contributed by atoms with Gasteiger partial charge in [0.2, 0.25) is 0 Å². The van der Waals surface area contributed by atoms with Crippen molar-refractivity contribution in [2.75, 3.05) is 7.05 Å². The summed E-state index contributed by atoms with van der Waals surface area (Å²) < 4.78 is 13.8. The third-order valence-corrected chi connectivity index (χ3v) is 2.63. The molecule has 2 aromatic rings. The normalized spacial score (nSPS) is 10.5. The van der Waals surface area contributed by atoms with Crippen LogP contribution in [0.4, 0.5) is 4.39 Å². The van der Waals surface area contributed by atoms with Crippen molar-refractivity contribution in [2.24, 2.45) is 0 Å². The fourth-order valence-electron chi connectivity index (χ4n) is 1.77. The minimum Gasteiger partial charge on any atom is -0.316 e. The lowest BCUT2D eigenvalue weighted by atomic mass is 10.0. The summed E-state index contributed by atoms with van der Waals surface area (Å²) >= 11 is 0. The molecule has 0 atom stereocenters. The first kappa shape index (κ1) is 11.7. The number of pyridine rings is 1. The lowest BCUT2D eigenvalue weighted by Gasteiger charge is -2.06. The van der Waals surface area contributed by atoms with Gasteiger partial charge in [-0.1, -0.05) is 12.1 Å². The zero-order valence-electron chi connectivity index (χ0n) is 10.00. The van der Waals surface area contributed by atoms with Crippen LogP contribution < -0.4 is 5.32 Å². The van der Waals surface area contributed by atoms with E-state index in [-0.39, 0.29) is 5.82 Å². The van der Waals surface area contributed by atoms with Crippen LogP contribution in [0.15, 0.2) is 36.7 Å². The van der Waals surface area contributed by atoms with Gasteiger partial charge in [0.05, 0.1) is 0 Å². The van der Waals surface area contributed by atoms with Gasteiger partial charge in [-0.05, 0) is 37.2 Å². The van der Waals surface area contributed by atoms with E-state index in [2.05, 4.69) is 10.3 Å². The molecule has 88 valence electrons. The van der Waals surface area contributed by atoms with E-state index in [4.69, 9.17) is 0 Å². The maximum atomic E-state index is 13.8. The van der Waals surface area contributed by atoms with Crippen LogP contribution in [0.1, 0.15) is 11.1 Å². The molecule has 0 aliphatic rings. The standard InChI is InChI=1S/C14H15FN2/c1-10-5-13(9-17-7-10)11-3-4-12(8-16-2)14(15)6-11/h3-7,9,16H,8H2,1-2H3. The Balaban J connectivity index is 2.37. The molecule has 17 heavy (non-hydrogen) atoms. The van der Waals surface area contributed by atoms with Crippen LogP contribution in [0.3, 0.4) is 0 Å². The Bertz CT molecular complexity index is 523. The summed E-state index contributed by atoms with van der Waals surface area (Å²) in [4.78, 5) is 4.11. The third-order valence-electron chi connectivity index (χ3n) is 2.63. The smallest absolute Gasteiger partial charge is 0.128 e. The van der Waals surface area contributed by atoms with Crippen molar-refractivity contribution in [3.8, 4) is 11.1 Å². The van der Waals surface area contributed by atoms with E-state index in [1.54, 1.807) is 25.5 Å². The molecular formula is C14H15FN2. The molecule has 1 aromatic heterocycles. The molecule has 1 N–H and O–H groups in total. The largest absolute Gasteiger partial charge is 0.316 e. The van der Waals surface area contributed by atoms with Gasteiger partial charge in [-0.15, -0.1) is 0 Å². The first-order chi connectivity index (χ1) is 8.20. The molecule has 3 heteroatoms. The Hall–Kier alpha value is -1.74. The summed E-state index contributed by atoms with van der Waals surface area (Å²) in [5, 5.41) is 2.94. The highest BCUT2D eigenvalue weighted by Gasteiger charge is 2.04. The van der Waals surface area contributed by atoms with Crippen LogP contribution in [-0.4, -0.2) is 12.0 Å². The number of hydrogen-bond acceptors (Lipinski definition) is 2. The van der Waals surface area contributed by atoms with Gasteiger partial charge >= 0.3 is 0 Å². The van der Waals surface area contributed by atoms with E-state index in [1.807, 2.05) is 25.1 Å². The van der Waals surface area contributed by atoms with Crippen molar-refractivity contribution >= 4 is 0 Å². The minimum absolute atomic E-state index is 0.182. The van der Waals surface area contributed by atoms with Gasteiger partial charge in [0.15, 0.2) is 0 Å². The van der Waals surface area contributed by atoms with Crippen LogP contribution in [0.5, 0.6) is 0 Å². The Morgan fingerprint density at radius 2 is 2.00 bits per heavy atom. The molecule has 0 aliphatic heterocycles. The molecule has 0 bridgehead atoms. The molecule has 1 aromatic carbocycles. The molecule has 2 rings (SSSR count). The molecule has 1 heterocycles. The van der Waals surface area contributed by atoms with Crippen LogP contribution >= 0.6 is 0 Å². The molecule has 0 unspecified atom stereocenters. The summed E-state index contributed by atoms with van der Waals surface area (Å²) in [7, 11) is 1.80. The number of nitrogens with zero attached hydrogens (tertiary/aromatic N) is 1. The van der Waals surface area contributed by atoms with E-state index in [1.165, 1.54) is 0 Å². The van der Waals surface area contributed by atoms with Gasteiger partial charge in [0, 0.05) is 30.1 Å². The van der Waals surface area contributed by atoms with Crippen LogP contribution in [0.25, 0.3) is 11.1 Å². The summed E-state index contributed by atoms with van der Waals surface area (Å²) in [6, 6.07) is 7.29. The van der Waals surface area contributed by atoms with Crippen molar-refractivity contribution < 1.29 is 4.39 Å². The van der Waals surface area contributed by atoms with E-state index in [0.717, 1.165) is 16.7 Å². The second-order valence-corrected chi connectivity index (χ2v) is 4.09. The van der Waals surface area contributed by atoms with Gasteiger partial charge in [-0.2, -0.15) is 0 Å². The molecule has 0 saturated carbocycles.